The van der Waals surface area contributed by atoms with Gasteiger partial charge in [-0.05, 0) is 25.5 Å². The van der Waals surface area contributed by atoms with Crippen molar-refractivity contribution in [2.45, 2.75) is 26.7 Å². The second-order valence-corrected chi connectivity index (χ2v) is 3.55. The number of benzene rings is 1. The summed E-state index contributed by atoms with van der Waals surface area (Å²) in [6.45, 7) is 4.44. The molecule has 0 aliphatic heterocycles. The first-order valence-electron chi connectivity index (χ1n) is 4.40. The van der Waals surface area contributed by atoms with Crippen molar-refractivity contribution in [1.29, 1.82) is 0 Å². The number of methoxy groups -OCH3 is 1. The number of alkyl halides is 2. The molecule has 1 aromatic carbocycles. The third kappa shape index (κ3) is 2.03. The van der Waals surface area contributed by atoms with Crippen LogP contribution in [0, 0.1) is 13.8 Å². The Kier molecular flexibility index (Phi) is 2.79. The molecular weight excluding hydrogens is 186 g/mol. The van der Waals surface area contributed by atoms with Crippen LogP contribution in [0.5, 0.6) is 5.75 Å². The van der Waals surface area contributed by atoms with Gasteiger partial charge in [-0.3, -0.25) is 0 Å². The highest BCUT2D eigenvalue weighted by molar-refractivity contribution is 5.45. The number of rotatable bonds is 2. The molecular formula is C11H14F2O. The van der Waals surface area contributed by atoms with E-state index in [1.807, 2.05) is 6.07 Å². The topological polar surface area (TPSA) is 9.23 Å². The molecule has 0 amide bonds. The van der Waals surface area contributed by atoms with Crippen LogP contribution < -0.4 is 4.74 Å². The van der Waals surface area contributed by atoms with E-state index in [4.69, 9.17) is 4.74 Å². The van der Waals surface area contributed by atoms with Crippen molar-refractivity contribution >= 4 is 0 Å². The van der Waals surface area contributed by atoms with Crippen molar-refractivity contribution in [3.8, 4) is 5.75 Å². The second-order valence-electron chi connectivity index (χ2n) is 3.55. The van der Waals surface area contributed by atoms with Crippen molar-refractivity contribution in [3.05, 3.63) is 28.8 Å². The highest BCUT2D eigenvalue weighted by Gasteiger charge is 2.29. The molecule has 0 unspecified atom stereocenters. The van der Waals surface area contributed by atoms with Gasteiger partial charge in [0.15, 0.2) is 0 Å². The summed E-state index contributed by atoms with van der Waals surface area (Å²) >= 11 is 0. The lowest BCUT2D eigenvalue weighted by Crippen LogP contribution is -2.10. The van der Waals surface area contributed by atoms with E-state index >= 15 is 0 Å². The van der Waals surface area contributed by atoms with Gasteiger partial charge < -0.3 is 4.74 Å². The summed E-state index contributed by atoms with van der Waals surface area (Å²) in [7, 11) is 1.41. The van der Waals surface area contributed by atoms with Crippen LogP contribution in [0.2, 0.25) is 0 Å². The molecule has 78 valence electrons. The Morgan fingerprint density at radius 1 is 1.21 bits per heavy atom. The maximum absolute atomic E-state index is 13.2. The Hall–Kier alpha value is -1.12. The molecule has 1 nitrogen and oxygen atoms in total. The van der Waals surface area contributed by atoms with Crippen LogP contribution >= 0.6 is 0 Å². The summed E-state index contributed by atoms with van der Waals surface area (Å²) < 4.78 is 31.3. The molecule has 0 aliphatic carbocycles. The summed E-state index contributed by atoms with van der Waals surface area (Å²) in [4.78, 5) is 0. The van der Waals surface area contributed by atoms with Crippen molar-refractivity contribution in [2.24, 2.45) is 0 Å². The van der Waals surface area contributed by atoms with Crippen molar-refractivity contribution in [1.82, 2.24) is 0 Å². The smallest absolute Gasteiger partial charge is 0.274 e. The third-order valence-electron chi connectivity index (χ3n) is 2.10. The lowest BCUT2D eigenvalue weighted by atomic mass is 10.0. The monoisotopic (exact) mass is 200 g/mol. The van der Waals surface area contributed by atoms with Crippen molar-refractivity contribution in [2.75, 3.05) is 7.11 Å². The maximum Gasteiger partial charge on any atom is 0.274 e. The Morgan fingerprint density at radius 3 is 2.21 bits per heavy atom. The Morgan fingerprint density at radius 2 is 1.79 bits per heavy atom. The zero-order chi connectivity index (χ0) is 10.9. The number of hydrogen-bond acceptors (Lipinski definition) is 1. The van der Waals surface area contributed by atoms with Gasteiger partial charge in [0.25, 0.3) is 5.92 Å². The molecule has 0 saturated carbocycles. The molecule has 0 radical (unpaired) electrons. The zero-order valence-electron chi connectivity index (χ0n) is 8.82. The van der Waals surface area contributed by atoms with E-state index in [1.165, 1.54) is 13.2 Å². The second kappa shape index (κ2) is 3.56. The SMILES string of the molecule is COc1c(C)cc(C)cc1C(C)(F)F. The fraction of sp³-hybridized carbons (Fsp3) is 0.455. The largest absolute Gasteiger partial charge is 0.496 e. The van der Waals surface area contributed by atoms with Gasteiger partial charge in [0.1, 0.15) is 5.75 Å². The van der Waals surface area contributed by atoms with Crippen LogP contribution in [0.25, 0.3) is 0 Å². The standard InChI is InChI=1S/C11H14F2O/c1-7-5-8(2)10(14-4)9(6-7)11(3,12)13/h5-6H,1-4H3. The summed E-state index contributed by atoms with van der Waals surface area (Å²) in [6.07, 6.45) is 0. The van der Waals surface area contributed by atoms with Crippen LogP contribution in [0.3, 0.4) is 0 Å². The molecule has 0 atom stereocenters. The van der Waals surface area contributed by atoms with E-state index in [9.17, 15) is 8.78 Å². The van der Waals surface area contributed by atoms with Gasteiger partial charge in [0.05, 0.1) is 12.7 Å². The molecule has 0 saturated heterocycles. The van der Waals surface area contributed by atoms with E-state index < -0.39 is 5.92 Å². The minimum atomic E-state index is -2.86. The lowest BCUT2D eigenvalue weighted by molar-refractivity contribution is 0.0149. The van der Waals surface area contributed by atoms with Crippen LogP contribution in [0.15, 0.2) is 12.1 Å². The minimum Gasteiger partial charge on any atom is -0.496 e. The minimum absolute atomic E-state index is 0.0440. The molecule has 3 heteroatoms. The fourth-order valence-corrected chi connectivity index (χ4v) is 1.55. The van der Waals surface area contributed by atoms with Crippen LogP contribution in [-0.4, -0.2) is 7.11 Å². The van der Waals surface area contributed by atoms with E-state index in [-0.39, 0.29) is 11.3 Å². The molecule has 0 heterocycles. The summed E-state index contributed by atoms with van der Waals surface area (Å²) in [5, 5.41) is 0. The first-order chi connectivity index (χ1) is 6.36. The summed E-state index contributed by atoms with van der Waals surface area (Å²) in [6, 6.07) is 3.29. The van der Waals surface area contributed by atoms with E-state index in [0.717, 1.165) is 18.1 Å². The van der Waals surface area contributed by atoms with Gasteiger partial charge in [-0.1, -0.05) is 11.6 Å². The summed E-state index contributed by atoms with van der Waals surface area (Å²) in [5.41, 5.74) is 1.52. The third-order valence-corrected chi connectivity index (χ3v) is 2.10. The highest BCUT2D eigenvalue weighted by Crippen LogP contribution is 2.37. The van der Waals surface area contributed by atoms with Gasteiger partial charge in [-0.15, -0.1) is 0 Å². The van der Waals surface area contributed by atoms with Crippen LogP contribution in [0.1, 0.15) is 23.6 Å². The predicted octanol–water partition coefficient (Wildman–Crippen LogP) is 3.42. The van der Waals surface area contributed by atoms with Gasteiger partial charge in [-0.2, -0.15) is 0 Å². The van der Waals surface area contributed by atoms with E-state index in [0.29, 0.717) is 0 Å². The molecule has 14 heavy (non-hydrogen) atoms. The molecule has 0 aromatic heterocycles. The Bertz CT molecular complexity index is 340. The number of halogens is 2. The first-order valence-corrected chi connectivity index (χ1v) is 4.40. The van der Waals surface area contributed by atoms with Gasteiger partial charge in [0.2, 0.25) is 0 Å². The van der Waals surface area contributed by atoms with Gasteiger partial charge >= 0.3 is 0 Å². The summed E-state index contributed by atoms with van der Waals surface area (Å²) in [5.74, 6) is -2.58. The van der Waals surface area contributed by atoms with Crippen LogP contribution in [-0.2, 0) is 5.92 Å². The average molecular weight is 200 g/mol. The molecule has 0 bridgehead atoms. The molecule has 0 fully saturated rings. The number of ether oxygens (including phenoxy) is 1. The Balaban J connectivity index is 3.40. The predicted molar refractivity (Wildman–Crippen MR) is 52.0 cm³/mol. The average Bonchev–Trinajstić information content (AvgIpc) is 2.01. The fourth-order valence-electron chi connectivity index (χ4n) is 1.55. The lowest BCUT2D eigenvalue weighted by Gasteiger charge is -2.17. The maximum atomic E-state index is 13.2. The van der Waals surface area contributed by atoms with Gasteiger partial charge in [-0.25, -0.2) is 8.78 Å². The molecule has 0 N–H and O–H groups in total. The normalized spacial score (nSPS) is 11.6. The molecule has 0 aliphatic rings. The highest BCUT2D eigenvalue weighted by atomic mass is 19.3. The first kappa shape index (κ1) is 11.0. The molecule has 1 aromatic rings. The number of hydrogen-bond donors (Lipinski definition) is 0. The van der Waals surface area contributed by atoms with Gasteiger partial charge in [0, 0.05) is 6.92 Å². The van der Waals surface area contributed by atoms with Crippen molar-refractivity contribution < 1.29 is 13.5 Å². The zero-order valence-corrected chi connectivity index (χ0v) is 8.82. The van der Waals surface area contributed by atoms with E-state index in [2.05, 4.69) is 0 Å². The molecule has 1 rings (SSSR count). The van der Waals surface area contributed by atoms with Crippen LogP contribution in [0.4, 0.5) is 8.78 Å². The molecule has 0 spiro atoms. The Labute approximate surface area is 82.7 Å². The number of aryl methyl sites for hydroxylation is 2. The quantitative estimate of drug-likeness (QED) is 0.710. The van der Waals surface area contributed by atoms with E-state index in [1.54, 1.807) is 13.8 Å². The van der Waals surface area contributed by atoms with Crippen molar-refractivity contribution in [3.63, 3.8) is 0 Å².